The monoisotopic (exact) mass is 245 g/mol. The Morgan fingerprint density at radius 1 is 1.28 bits per heavy atom. The van der Waals surface area contributed by atoms with Gasteiger partial charge in [-0.25, -0.2) is 0 Å². The molecule has 1 saturated carbocycles. The van der Waals surface area contributed by atoms with Crippen molar-refractivity contribution in [3.63, 3.8) is 0 Å². The van der Waals surface area contributed by atoms with Gasteiger partial charge in [-0.1, -0.05) is 46.2 Å². The second kappa shape index (κ2) is 5.34. The highest BCUT2D eigenvalue weighted by Gasteiger charge is 2.27. The van der Waals surface area contributed by atoms with Gasteiger partial charge in [-0.15, -0.1) is 0 Å². The van der Waals surface area contributed by atoms with Gasteiger partial charge in [0.1, 0.15) is 0 Å². The Morgan fingerprint density at radius 3 is 2.72 bits per heavy atom. The van der Waals surface area contributed by atoms with Crippen molar-refractivity contribution in [3.05, 3.63) is 29.8 Å². The van der Waals surface area contributed by atoms with Crippen molar-refractivity contribution in [2.24, 2.45) is 5.41 Å². The molecule has 0 amide bonds. The molecule has 1 fully saturated rings. The Kier molecular flexibility index (Phi) is 3.99. The molecule has 1 atom stereocenters. The molecule has 1 N–H and O–H groups in total. The van der Waals surface area contributed by atoms with Gasteiger partial charge in [0.15, 0.2) is 0 Å². The summed E-state index contributed by atoms with van der Waals surface area (Å²) in [6.07, 6.45) is 5.33. The minimum Gasteiger partial charge on any atom is -0.382 e. The van der Waals surface area contributed by atoms with Gasteiger partial charge in [0.25, 0.3) is 0 Å². The Labute approximate surface area is 112 Å². The van der Waals surface area contributed by atoms with Crippen molar-refractivity contribution in [2.75, 3.05) is 5.32 Å². The lowest BCUT2D eigenvalue weighted by molar-refractivity contribution is 0.229. The summed E-state index contributed by atoms with van der Waals surface area (Å²) in [7, 11) is 0. The number of hydrogen-bond acceptors (Lipinski definition) is 1. The highest BCUT2D eigenvalue weighted by Crippen LogP contribution is 2.36. The summed E-state index contributed by atoms with van der Waals surface area (Å²) in [5, 5.41) is 3.73. The molecule has 1 heteroatoms. The van der Waals surface area contributed by atoms with E-state index < -0.39 is 0 Å². The van der Waals surface area contributed by atoms with Crippen LogP contribution in [0.4, 0.5) is 5.69 Å². The topological polar surface area (TPSA) is 12.0 Å². The second-order valence-electron chi connectivity index (χ2n) is 6.88. The van der Waals surface area contributed by atoms with Crippen LogP contribution < -0.4 is 5.32 Å². The molecule has 0 bridgehead atoms. The predicted molar refractivity (Wildman–Crippen MR) is 80.2 cm³/mol. The van der Waals surface area contributed by atoms with Crippen LogP contribution in [0.15, 0.2) is 24.3 Å². The average Bonchev–Trinajstić information content (AvgIpc) is 2.28. The number of rotatable bonds is 3. The van der Waals surface area contributed by atoms with Crippen molar-refractivity contribution in [1.29, 1.82) is 0 Å². The summed E-state index contributed by atoms with van der Waals surface area (Å²) in [5.41, 5.74) is 3.23. The zero-order valence-corrected chi connectivity index (χ0v) is 12.3. The van der Waals surface area contributed by atoms with E-state index >= 15 is 0 Å². The molecule has 2 rings (SSSR count). The van der Waals surface area contributed by atoms with Crippen LogP contribution >= 0.6 is 0 Å². The lowest BCUT2D eigenvalue weighted by Crippen LogP contribution is -2.31. The van der Waals surface area contributed by atoms with Crippen molar-refractivity contribution >= 4 is 5.69 Å². The van der Waals surface area contributed by atoms with Gasteiger partial charge in [0.2, 0.25) is 0 Å². The predicted octanol–water partition coefficient (Wildman–Crippen LogP) is 5.19. The molecule has 0 saturated heterocycles. The third kappa shape index (κ3) is 3.51. The first-order valence-corrected chi connectivity index (χ1v) is 7.33. The maximum atomic E-state index is 3.73. The van der Waals surface area contributed by atoms with Crippen LogP contribution in [0.1, 0.15) is 64.9 Å². The fourth-order valence-electron chi connectivity index (χ4n) is 3.04. The van der Waals surface area contributed by atoms with Crippen LogP contribution in [0.25, 0.3) is 0 Å². The third-order valence-electron chi connectivity index (χ3n) is 4.13. The molecule has 100 valence electrons. The maximum Gasteiger partial charge on any atom is 0.0345 e. The van der Waals surface area contributed by atoms with Crippen molar-refractivity contribution < 1.29 is 0 Å². The molecule has 18 heavy (non-hydrogen) atoms. The van der Waals surface area contributed by atoms with Crippen molar-refractivity contribution in [1.82, 2.24) is 0 Å². The summed E-state index contributed by atoms with van der Waals surface area (Å²) in [6, 6.07) is 9.56. The molecule has 0 aliphatic heterocycles. The number of anilines is 1. The molecule has 1 aliphatic carbocycles. The SMILES string of the molecule is CC(C)c1cccc(NC2CCCC(C)(C)C2)c1. The quantitative estimate of drug-likeness (QED) is 0.772. The first kappa shape index (κ1) is 13.5. The molecule has 1 aromatic carbocycles. The van der Waals surface area contributed by atoms with Gasteiger partial charge in [0, 0.05) is 11.7 Å². The fraction of sp³-hybridized carbons (Fsp3) is 0.647. The molecule has 1 aliphatic rings. The molecule has 1 nitrogen and oxygen atoms in total. The fourth-order valence-corrected chi connectivity index (χ4v) is 3.04. The summed E-state index contributed by atoms with van der Waals surface area (Å²) >= 11 is 0. The molecule has 1 aromatic rings. The van der Waals surface area contributed by atoms with E-state index in [-0.39, 0.29) is 0 Å². The lowest BCUT2D eigenvalue weighted by atomic mass is 9.75. The molecule has 1 unspecified atom stereocenters. The van der Waals surface area contributed by atoms with E-state index in [2.05, 4.69) is 57.3 Å². The highest BCUT2D eigenvalue weighted by molar-refractivity contribution is 5.47. The zero-order valence-electron chi connectivity index (χ0n) is 12.3. The molecular weight excluding hydrogens is 218 g/mol. The summed E-state index contributed by atoms with van der Waals surface area (Å²) in [4.78, 5) is 0. The minimum atomic E-state index is 0.506. The van der Waals surface area contributed by atoms with Gasteiger partial charge in [-0.3, -0.25) is 0 Å². The van der Waals surface area contributed by atoms with E-state index in [4.69, 9.17) is 0 Å². The first-order valence-electron chi connectivity index (χ1n) is 7.33. The van der Waals surface area contributed by atoms with Gasteiger partial charge >= 0.3 is 0 Å². The van der Waals surface area contributed by atoms with Crippen LogP contribution in [0.2, 0.25) is 0 Å². The van der Waals surface area contributed by atoms with Gasteiger partial charge in [0.05, 0.1) is 0 Å². The zero-order chi connectivity index (χ0) is 13.2. The van der Waals surface area contributed by atoms with E-state index in [9.17, 15) is 0 Å². The van der Waals surface area contributed by atoms with Crippen molar-refractivity contribution in [3.8, 4) is 0 Å². The van der Waals surface area contributed by atoms with Gasteiger partial charge in [-0.05, 0) is 48.3 Å². The molecule has 0 radical (unpaired) electrons. The minimum absolute atomic E-state index is 0.506. The summed E-state index contributed by atoms with van der Waals surface area (Å²) < 4.78 is 0. The largest absolute Gasteiger partial charge is 0.382 e. The lowest BCUT2D eigenvalue weighted by Gasteiger charge is -2.36. The Balaban J connectivity index is 2.03. The number of hydrogen-bond donors (Lipinski definition) is 1. The first-order chi connectivity index (χ1) is 8.46. The van der Waals surface area contributed by atoms with Crippen LogP contribution in [0.3, 0.4) is 0 Å². The molecular formula is C17H27N. The van der Waals surface area contributed by atoms with E-state index in [1.54, 1.807) is 0 Å². The van der Waals surface area contributed by atoms with Gasteiger partial charge in [-0.2, -0.15) is 0 Å². The number of benzene rings is 1. The van der Waals surface area contributed by atoms with Crippen molar-refractivity contribution in [2.45, 2.75) is 65.3 Å². The van der Waals surface area contributed by atoms with Crippen LogP contribution in [-0.4, -0.2) is 6.04 Å². The highest BCUT2D eigenvalue weighted by atomic mass is 14.9. The van der Waals surface area contributed by atoms with E-state index in [0.717, 1.165) is 0 Å². The number of nitrogens with one attached hydrogen (secondary N) is 1. The normalized spacial score (nSPS) is 23.1. The Hall–Kier alpha value is -0.980. The molecule has 0 spiro atoms. The third-order valence-corrected chi connectivity index (χ3v) is 4.13. The Bertz CT molecular complexity index is 392. The molecule has 0 heterocycles. The summed E-state index contributed by atoms with van der Waals surface area (Å²) in [5.74, 6) is 0.606. The van der Waals surface area contributed by atoms with E-state index in [1.165, 1.54) is 36.9 Å². The standard InChI is InChI=1S/C17H27N/c1-13(2)14-7-5-8-15(11-14)18-16-9-6-10-17(3,4)12-16/h5,7-8,11,13,16,18H,6,9-10,12H2,1-4H3. The average molecular weight is 245 g/mol. The smallest absolute Gasteiger partial charge is 0.0345 e. The van der Waals surface area contributed by atoms with Crippen LogP contribution in [0, 0.1) is 5.41 Å². The second-order valence-corrected chi connectivity index (χ2v) is 6.88. The Morgan fingerprint density at radius 2 is 2.06 bits per heavy atom. The van der Waals surface area contributed by atoms with Gasteiger partial charge < -0.3 is 5.32 Å². The van der Waals surface area contributed by atoms with Crippen LogP contribution in [-0.2, 0) is 0 Å². The maximum absolute atomic E-state index is 3.73. The molecule has 0 aromatic heterocycles. The van der Waals surface area contributed by atoms with E-state index in [1.807, 2.05) is 0 Å². The van der Waals surface area contributed by atoms with E-state index in [0.29, 0.717) is 17.4 Å². The summed E-state index contributed by atoms with van der Waals surface area (Å²) in [6.45, 7) is 9.29. The van der Waals surface area contributed by atoms with Crippen LogP contribution in [0.5, 0.6) is 0 Å².